The molecule has 0 atom stereocenters. The summed E-state index contributed by atoms with van der Waals surface area (Å²) in [6, 6.07) is 14.3. The van der Waals surface area contributed by atoms with Gasteiger partial charge in [0, 0.05) is 6.07 Å². The Morgan fingerprint density at radius 2 is 1.08 bits per heavy atom. The van der Waals surface area contributed by atoms with Gasteiger partial charge < -0.3 is 9.47 Å². The zero-order valence-electron chi connectivity index (χ0n) is 12.7. The highest BCUT2D eigenvalue weighted by Gasteiger charge is 2.13. The van der Waals surface area contributed by atoms with E-state index in [0.717, 1.165) is 0 Å². The van der Waals surface area contributed by atoms with Gasteiger partial charge in [-0.2, -0.15) is 0 Å². The summed E-state index contributed by atoms with van der Waals surface area (Å²) >= 11 is 0. The van der Waals surface area contributed by atoms with E-state index in [-0.39, 0.29) is 17.2 Å². The maximum atomic E-state index is 12.9. The van der Waals surface area contributed by atoms with E-state index in [2.05, 4.69) is 0 Å². The number of ether oxygens (including phenoxy) is 2. The van der Waals surface area contributed by atoms with Crippen LogP contribution in [-0.4, -0.2) is 4.92 Å². The molecule has 0 fully saturated rings. The van der Waals surface area contributed by atoms with Crippen molar-refractivity contribution in [3.05, 3.63) is 88.5 Å². The fourth-order valence-electron chi connectivity index (χ4n) is 2.06. The first-order valence-corrected chi connectivity index (χ1v) is 7.16. The van der Waals surface area contributed by atoms with Crippen LogP contribution in [0.5, 0.6) is 23.0 Å². The molecule has 0 aromatic heterocycles. The van der Waals surface area contributed by atoms with Crippen LogP contribution in [0.3, 0.4) is 0 Å². The van der Waals surface area contributed by atoms with Gasteiger partial charge in [-0.3, -0.25) is 10.1 Å². The van der Waals surface area contributed by atoms with Crippen molar-refractivity contribution in [2.24, 2.45) is 0 Å². The van der Waals surface area contributed by atoms with Gasteiger partial charge >= 0.3 is 0 Å². The molecule has 0 N–H and O–H groups in total. The maximum absolute atomic E-state index is 12.9. The van der Waals surface area contributed by atoms with Crippen LogP contribution in [0, 0.1) is 21.7 Å². The predicted molar refractivity (Wildman–Crippen MR) is 86.0 cm³/mol. The van der Waals surface area contributed by atoms with Gasteiger partial charge in [-0.1, -0.05) is 0 Å². The van der Waals surface area contributed by atoms with E-state index in [1.54, 1.807) is 0 Å². The summed E-state index contributed by atoms with van der Waals surface area (Å²) in [4.78, 5) is 10.5. The molecule has 0 amide bonds. The second kappa shape index (κ2) is 6.96. The number of hydrogen-bond donors (Lipinski definition) is 0. The van der Waals surface area contributed by atoms with Crippen LogP contribution >= 0.6 is 0 Å². The molecular formula is C18H11F2NO4. The number of nitro benzene ring substituents is 1. The Hall–Kier alpha value is -3.48. The second-order valence-corrected chi connectivity index (χ2v) is 5.03. The monoisotopic (exact) mass is 343 g/mol. The predicted octanol–water partition coefficient (Wildman–Crippen LogP) is 5.46. The first-order chi connectivity index (χ1) is 12.0. The first kappa shape index (κ1) is 16.4. The molecule has 0 aliphatic rings. The number of non-ortho nitro benzene ring substituents is 1. The van der Waals surface area contributed by atoms with Gasteiger partial charge in [0.2, 0.25) is 0 Å². The van der Waals surface area contributed by atoms with E-state index < -0.39 is 16.6 Å². The molecule has 0 unspecified atom stereocenters. The van der Waals surface area contributed by atoms with Crippen LogP contribution in [-0.2, 0) is 0 Å². The molecule has 25 heavy (non-hydrogen) atoms. The zero-order valence-corrected chi connectivity index (χ0v) is 12.7. The van der Waals surface area contributed by atoms with E-state index in [0.29, 0.717) is 11.5 Å². The number of halogens is 2. The summed E-state index contributed by atoms with van der Waals surface area (Å²) in [7, 11) is 0. The Kier molecular flexibility index (Phi) is 4.56. The largest absolute Gasteiger partial charge is 0.457 e. The minimum Gasteiger partial charge on any atom is -0.457 e. The lowest BCUT2D eigenvalue weighted by atomic mass is 10.2. The summed E-state index contributed by atoms with van der Waals surface area (Å²) in [6.07, 6.45) is 0. The molecule has 7 heteroatoms. The molecule has 0 saturated heterocycles. The number of rotatable bonds is 5. The molecular weight excluding hydrogens is 332 g/mol. The van der Waals surface area contributed by atoms with E-state index in [4.69, 9.17) is 9.47 Å². The normalized spacial score (nSPS) is 10.3. The summed E-state index contributed by atoms with van der Waals surface area (Å²) in [6.45, 7) is 0. The molecule has 5 nitrogen and oxygen atoms in total. The van der Waals surface area contributed by atoms with E-state index >= 15 is 0 Å². The van der Waals surface area contributed by atoms with Gasteiger partial charge in [0.05, 0.1) is 17.1 Å². The number of nitro groups is 1. The molecule has 3 aromatic carbocycles. The maximum Gasteiger partial charge on any atom is 0.276 e. The standard InChI is InChI=1S/C18H11F2NO4/c19-12-1-5-15(6-2-12)24-17-9-14(21(22)23)10-18(11-17)25-16-7-3-13(20)4-8-16/h1-11H. The van der Waals surface area contributed by atoms with Gasteiger partial charge in [0.25, 0.3) is 5.69 Å². The average molecular weight is 343 g/mol. The van der Waals surface area contributed by atoms with Crippen molar-refractivity contribution in [1.82, 2.24) is 0 Å². The summed E-state index contributed by atoms with van der Waals surface area (Å²) < 4.78 is 36.9. The van der Waals surface area contributed by atoms with Crippen LogP contribution in [0.2, 0.25) is 0 Å². The lowest BCUT2D eigenvalue weighted by Crippen LogP contribution is -1.93. The highest BCUT2D eigenvalue weighted by Crippen LogP contribution is 2.33. The van der Waals surface area contributed by atoms with E-state index in [9.17, 15) is 18.9 Å². The molecule has 0 aliphatic heterocycles. The van der Waals surface area contributed by atoms with Crippen LogP contribution < -0.4 is 9.47 Å². The number of benzene rings is 3. The van der Waals surface area contributed by atoms with E-state index in [1.165, 1.54) is 66.7 Å². The Bertz CT molecular complexity index is 830. The summed E-state index contributed by atoms with van der Waals surface area (Å²) in [5.74, 6) is 0.0820. The van der Waals surface area contributed by atoms with Gasteiger partial charge in [0.15, 0.2) is 0 Å². The molecule has 126 valence electrons. The molecule has 0 bridgehead atoms. The number of nitrogens with zero attached hydrogens (tertiary/aromatic N) is 1. The molecule has 0 radical (unpaired) electrons. The van der Waals surface area contributed by atoms with Crippen LogP contribution in [0.4, 0.5) is 14.5 Å². The zero-order chi connectivity index (χ0) is 17.8. The average Bonchev–Trinajstić information content (AvgIpc) is 2.59. The Morgan fingerprint density at radius 3 is 1.44 bits per heavy atom. The van der Waals surface area contributed by atoms with Gasteiger partial charge in [-0.15, -0.1) is 0 Å². The molecule has 0 aliphatic carbocycles. The fraction of sp³-hybridized carbons (Fsp3) is 0. The van der Waals surface area contributed by atoms with Crippen molar-refractivity contribution in [3.63, 3.8) is 0 Å². The van der Waals surface area contributed by atoms with Crippen LogP contribution in [0.15, 0.2) is 66.7 Å². The Balaban J connectivity index is 1.89. The molecule has 3 rings (SSSR count). The fourth-order valence-corrected chi connectivity index (χ4v) is 2.06. The highest BCUT2D eigenvalue weighted by molar-refractivity contribution is 5.48. The summed E-state index contributed by atoms with van der Waals surface area (Å²) in [5, 5.41) is 11.1. The molecule has 0 heterocycles. The molecule has 0 spiro atoms. The van der Waals surface area contributed by atoms with Crippen molar-refractivity contribution >= 4 is 5.69 Å². The second-order valence-electron chi connectivity index (χ2n) is 5.03. The third-order valence-corrected chi connectivity index (χ3v) is 3.17. The topological polar surface area (TPSA) is 61.6 Å². The molecule has 3 aromatic rings. The smallest absolute Gasteiger partial charge is 0.276 e. The van der Waals surface area contributed by atoms with Gasteiger partial charge in [-0.05, 0) is 48.5 Å². The van der Waals surface area contributed by atoms with Crippen LogP contribution in [0.1, 0.15) is 0 Å². The minimum atomic E-state index is -0.588. The third-order valence-electron chi connectivity index (χ3n) is 3.17. The third kappa shape index (κ3) is 4.29. The minimum absolute atomic E-state index is 0.151. The van der Waals surface area contributed by atoms with Crippen molar-refractivity contribution < 1.29 is 23.2 Å². The van der Waals surface area contributed by atoms with Crippen molar-refractivity contribution in [2.75, 3.05) is 0 Å². The number of hydrogen-bond acceptors (Lipinski definition) is 4. The Labute approximate surface area is 141 Å². The highest BCUT2D eigenvalue weighted by atomic mass is 19.1. The molecule has 0 saturated carbocycles. The first-order valence-electron chi connectivity index (χ1n) is 7.16. The van der Waals surface area contributed by atoms with Crippen molar-refractivity contribution in [3.8, 4) is 23.0 Å². The van der Waals surface area contributed by atoms with Gasteiger partial charge in [-0.25, -0.2) is 8.78 Å². The quantitative estimate of drug-likeness (QED) is 0.456. The summed E-state index contributed by atoms with van der Waals surface area (Å²) in [5.41, 5.74) is -0.239. The lowest BCUT2D eigenvalue weighted by Gasteiger charge is -2.09. The Morgan fingerprint density at radius 1 is 0.680 bits per heavy atom. The van der Waals surface area contributed by atoms with Crippen LogP contribution in [0.25, 0.3) is 0 Å². The van der Waals surface area contributed by atoms with E-state index in [1.807, 2.05) is 0 Å². The van der Waals surface area contributed by atoms with Crippen molar-refractivity contribution in [2.45, 2.75) is 0 Å². The lowest BCUT2D eigenvalue weighted by molar-refractivity contribution is -0.385. The van der Waals surface area contributed by atoms with Gasteiger partial charge in [0.1, 0.15) is 34.6 Å². The SMILES string of the molecule is O=[N+]([O-])c1cc(Oc2ccc(F)cc2)cc(Oc2ccc(F)cc2)c1. The van der Waals surface area contributed by atoms with Crippen molar-refractivity contribution in [1.29, 1.82) is 0 Å².